The number of nitrogens with zero attached hydrogens (tertiary/aromatic N) is 3. The van der Waals surface area contributed by atoms with E-state index in [1.165, 1.54) is 6.26 Å². The fourth-order valence-electron chi connectivity index (χ4n) is 5.78. The maximum absolute atomic E-state index is 13.8. The highest BCUT2D eigenvalue weighted by atomic mass is 35.5. The number of ether oxygens (including phenoxy) is 1. The largest absolute Gasteiger partial charge is 0.462 e. The summed E-state index contributed by atoms with van der Waals surface area (Å²) in [7, 11) is 0. The van der Waals surface area contributed by atoms with Crippen molar-refractivity contribution in [1.82, 2.24) is 9.47 Å². The van der Waals surface area contributed by atoms with Gasteiger partial charge in [0, 0.05) is 64.9 Å². The van der Waals surface area contributed by atoms with Gasteiger partial charge in [0.2, 0.25) is 5.78 Å². The van der Waals surface area contributed by atoms with E-state index in [2.05, 4.69) is 21.5 Å². The van der Waals surface area contributed by atoms with E-state index in [-0.39, 0.29) is 23.7 Å². The van der Waals surface area contributed by atoms with Gasteiger partial charge in [-0.25, -0.2) is 4.79 Å². The molecule has 0 N–H and O–H groups in total. The number of benzene rings is 2. The fourth-order valence-corrected chi connectivity index (χ4v) is 5.97. The van der Waals surface area contributed by atoms with Gasteiger partial charge in [-0.1, -0.05) is 11.6 Å². The number of morpholine rings is 1. The predicted octanol–water partition coefficient (Wildman–Crippen LogP) is 6.63. The molecule has 0 spiro atoms. The number of aromatic nitrogens is 1. The van der Waals surface area contributed by atoms with Crippen molar-refractivity contribution in [3.8, 4) is 0 Å². The van der Waals surface area contributed by atoms with Crippen LogP contribution in [-0.4, -0.2) is 70.4 Å². The molecule has 0 bridgehead atoms. The smallest absolute Gasteiger partial charge is 0.335 e. The van der Waals surface area contributed by atoms with E-state index in [0.29, 0.717) is 56.3 Å². The number of Topliss-reactive ketones (excluding diaryl/α,β-unsaturated/α-hetero) is 2. The Morgan fingerprint density at radius 3 is 2.27 bits per heavy atom. The highest BCUT2D eigenvalue weighted by Gasteiger charge is 2.36. The Labute approximate surface area is 261 Å². The Kier molecular flexibility index (Phi) is 9.98. The molecule has 1 saturated heterocycles. The molecule has 44 heavy (non-hydrogen) atoms. The lowest BCUT2D eigenvalue weighted by Crippen LogP contribution is -2.54. The molecule has 0 amide bonds. The van der Waals surface area contributed by atoms with Crippen molar-refractivity contribution >= 4 is 56.7 Å². The van der Waals surface area contributed by atoms with E-state index < -0.39 is 17.3 Å². The van der Waals surface area contributed by atoms with E-state index in [1.54, 1.807) is 24.3 Å². The van der Waals surface area contributed by atoms with Crippen LogP contribution in [0, 0.1) is 0 Å². The Hall–Kier alpha value is -3.79. The molecular weight excluding hydrogens is 582 g/mol. The molecule has 0 atom stereocenters. The van der Waals surface area contributed by atoms with Crippen LogP contribution in [0.15, 0.2) is 64.4 Å². The van der Waals surface area contributed by atoms with E-state index >= 15 is 0 Å². The quantitative estimate of drug-likeness (QED) is 0.0413. The van der Waals surface area contributed by atoms with Crippen molar-refractivity contribution in [2.75, 3.05) is 32.2 Å². The third-order valence-electron chi connectivity index (χ3n) is 8.29. The zero-order chi connectivity index (χ0) is 31.3. The van der Waals surface area contributed by atoms with Gasteiger partial charge in [0.05, 0.1) is 25.0 Å². The van der Waals surface area contributed by atoms with Gasteiger partial charge < -0.3 is 18.6 Å². The zero-order valence-electron chi connectivity index (χ0n) is 25.4. The first-order valence-corrected chi connectivity index (χ1v) is 15.7. The normalized spacial score (nSPS) is 14.8. The molecule has 0 radical (unpaired) electrons. The molecule has 0 unspecified atom stereocenters. The van der Waals surface area contributed by atoms with E-state index in [9.17, 15) is 14.4 Å². The number of aryl methyl sites for hydroxylation is 1. The number of carbonyl (C=O) groups is 3. The summed E-state index contributed by atoms with van der Waals surface area (Å²) < 4.78 is 13.1. The van der Waals surface area contributed by atoms with Crippen LogP contribution in [-0.2, 0) is 20.9 Å². The Bertz CT molecular complexity index is 1680. The molecule has 10 heteroatoms. The van der Waals surface area contributed by atoms with Crippen LogP contribution in [0.25, 0.3) is 21.8 Å². The van der Waals surface area contributed by atoms with Gasteiger partial charge in [-0.3, -0.25) is 14.5 Å². The standard InChI is InChI=1S/C34H38ClN3O6/c1-4-38-27-13-11-23(32(40)31(29-9-8-18-43-29)36-44-30(39)10-6-5-7-15-35)21-25(27)26-22-24(12-14-28(26)38)33(41)34(2,3)37-16-19-42-20-17-37/h8-9,11-14,18,21-22H,4-7,10,15-17,19-20H2,1-3H3/b36-31+. The number of hydrogen-bond donors (Lipinski definition) is 0. The number of ketones is 2. The number of rotatable bonds is 13. The molecule has 1 aliphatic heterocycles. The zero-order valence-corrected chi connectivity index (χ0v) is 26.2. The maximum atomic E-state index is 13.8. The topological polar surface area (TPSA) is 103 Å². The van der Waals surface area contributed by atoms with E-state index in [1.807, 2.05) is 38.1 Å². The molecule has 9 nitrogen and oxygen atoms in total. The third-order valence-corrected chi connectivity index (χ3v) is 8.55. The monoisotopic (exact) mass is 619 g/mol. The summed E-state index contributed by atoms with van der Waals surface area (Å²) in [6.07, 6.45) is 3.84. The van der Waals surface area contributed by atoms with Gasteiger partial charge in [0.25, 0.3) is 0 Å². The van der Waals surface area contributed by atoms with Crippen LogP contribution < -0.4 is 0 Å². The van der Waals surface area contributed by atoms with Gasteiger partial charge >= 0.3 is 5.97 Å². The Morgan fingerprint density at radius 1 is 0.955 bits per heavy atom. The second-order valence-electron chi connectivity index (χ2n) is 11.4. The SMILES string of the molecule is CCn1c2ccc(C(=O)/C(=N/OC(=O)CCCCCCl)c3ccco3)cc2c2cc(C(=O)C(C)(C)N3CCOCC3)ccc21. The van der Waals surface area contributed by atoms with Crippen LogP contribution in [0.5, 0.6) is 0 Å². The van der Waals surface area contributed by atoms with Gasteiger partial charge in [-0.05, 0) is 82.1 Å². The number of unbranched alkanes of at least 4 members (excludes halogenated alkanes) is 2. The van der Waals surface area contributed by atoms with E-state index in [4.69, 9.17) is 25.6 Å². The van der Waals surface area contributed by atoms with Crippen LogP contribution in [0.2, 0.25) is 0 Å². The minimum atomic E-state index is -0.697. The molecule has 1 fully saturated rings. The van der Waals surface area contributed by atoms with Crippen molar-refractivity contribution in [1.29, 1.82) is 0 Å². The summed E-state index contributed by atoms with van der Waals surface area (Å²) in [5, 5.41) is 5.66. The second kappa shape index (κ2) is 13.9. The van der Waals surface area contributed by atoms with Crippen LogP contribution in [0.1, 0.15) is 72.9 Å². The Morgan fingerprint density at radius 2 is 1.64 bits per heavy atom. The second-order valence-corrected chi connectivity index (χ2v) is 11.8. The highest BCUT2D eigenvalue weighted by Crippen LogP contribution is 2.33. The maximum Gasteiger partial charge on any atom is 0.335 e. The molecular formula is C34H38ClN3O6. The molecule has 3 heterocycles. The Balaban J connectivity index is 1.49. The lowest BCUT2D eigenvalue weighted by Gasteiger charge is -2.39. The minimum Gasteiger partial charge on any atom is -0.462 e. The average Bonchev–Trinajstić information content (AvgIpc) is 3.69. The summed E-state index contributed by atoms with van der Waals surface area (Å²) in [5.74, 6) is -0.220. The van der Waals surface area contributed by atoms with Crippen molar-refractivity contribution in [2.45, 2.75) is 58.5 Å². The van der Waals surface area contributed by atoms with Crippen LogP contribution >= 0.6 is 11.6 Å². The van der Waals surface area contributed by atoms with Gasteiger partial charge in [0.15, 0.2) is 17.3 Å². The number of oxime groups is 1. The number of hydrogen-bond acceptors (Lipinski definition) is 8. The molecule has 2 aromatic heterocycles. The summed E-state index contributed by atoms with van der Waals surface area (Å²) in [6.45, 7) is 9.29. The molecule has 0 saturated carbocycles. The summed E-state index contributed by atoms with van der Waals surface area (Å²) in [5.41, 5.74) is 2.07. The van der Waals surface area contributed by atoms with Gasteiger partial charge in [0.1, 0.15) is 0 Å². The number of fused-ring (bicyclic) bond motifs is 3. The number of halogens is 1. The van der Waals surface area contributed by atoms with Crippen molar-refractivity contribution < 1.29 is 28.4 Å². The molecule has 1 aliphatic rings. The lowest BCUT2D eigenvalue weighted by molar-refractivity contribution is -0.143. The molecule has 4 aromatic rings. The molecule has 2 aromatic carbocycles. The average molecular weight is 620 g/mol. The van der Waals surface area contributed by atoms with E-state index in [0.717, 1.165) is 34.6 Å². The number of furan rings is 1. The number of carbonyl (C=O) groups excluding carboxylic acids is 3. The predicted molar refractivity (Wildman–Crippen MR) is 171 cm³/mol. The van der Waals surface area contributed by atoms with Crippen molar-refractivity contribution in [3.63, 3.8) is 0 Å². The number of alkyl halides is 1. The van der Waals surface area contributed by atoms with Crippen LogP contribution in [0.3, 0.4) is 0 Å². The summed E-state index contributed by atoms with van der Waals surface area (Å²) in [6, 6.07) is 14.5. The highest BCUT2D eigenvalue weighted by molar-refractivity contribution is 6.51. The molecule has 0 aliphatic carbocycles. The van der Waals surface area contributed by atoms with Gasteiger partial charge in [-0.15, -0.1) is 11.6 Å². The summed E-state index contributed by atoms with van der Waals surface area (Å²) in [4.78, 5) is 47.3. The van der Waals surface area contributed by atoms with Gasteiger partial charge in [-0.2, -0.15) is 0 Å². The lowest BCUT2D eigenvalue weighted by atomic mass is 9.90. The molecule has 232 valence electrons. The summed E-state index contributed by atoms with van der Waals surface area (Å²) >= 11 is 5.71. The van der Waals surface area contributed by atoms with Crippen molar-refractivity contribution in [3.05, 3.63) is 71.7 Å². The van der Waals surface area contributed by atoms with Crippen molar-refractivity contribution in [2.24, 2.45) is 5.16 Å². The fraction of sp³-hybridized carbons (Fsp3) is 0.412. The first-order valence-electron chi connectivity index (χ1n) is 15.1. The first-order chi connectivity index (χ1) is 21.3. The molecule has 5 rings (SSSR count). The first kappa shape index (κ1) is 31.6. The van der Waals surface area contributed by atoms with Crippen LogP contribution in [0.4, 0.5) is 0 Å². The minimum absolute atomic E-state index is 0.0302. The third kappa shape index (κ3) is 6.50.